The molecule has 0 fully saturated rings. The molecule has 0 spiro atoms. The van der Waals surface area contributed by atoms with Gasteiger partial charge in [-0.15, -0.1) is 0 Å². The van der Waals surface area contributed by atoms with Gasteiger partial charge in [-0.05, 0) is 18.1 Å². The zero-order valence-electron chi connectivity index (χ0n) is 5.77. The fourth-order valence-corrected chi connectivity index (χ4v) is 1.30. The molecule has 0 radical (unpaired) electrons. The molecule has 0 bridgehead atoms. The lowest BCUT2D eigenvalue weighted by atomic mass is 10.1. The molecule has 1 aromatic carbocycles. The van der Waals surface area contributed by atoms with Crippen LogP contribution in [0.1, 0.15) is 11.1 Å². The molecule has 11 heavy (non-hydrogen) atoms. The molecular formula is C9H6F2. The van der Waals surface area contributed by atoms with Crippen molar-refractivity contribution in [3.8, 4) is 0 Å². The van der Waals surface area contributed by atoms with E-state index >= 15 is 0 Å². The van der Waals surface area contributed by atoms with Crippen molar-refractivity contribution in [1.82, 2.24) is 0 Å². The molecule has 0 aromatic heterocycles. The van der Waals surface area contributed by atoms with E-state index in [2.05, 4.69) is 0 Å². The lowest BCUT2D eigenvalue weighted by molar-refractivity contribution is 0.579. The van der Waals surface area contributed by atoms with E-state index in [1.165, 1.54) is 6.07 Å². The Bertz CT molecular complexity index is 327. The molecule has 2 heteroatoms. The van der Waals surface area contributed by atoms with Gasteiger partial charge in [0.05, 0.1) is 0 Å². The highest BCUT2D eigenvalue weighted by atomic mass is 19.1. The van der Waals surface area contributed by atoms with Gasteiger partial charge in [0.15, 0.2) is 0 Å². The van der Waals surface area contributed by atoms with Crippen LogP contribution in [0.5, 0.6) is 0 Å². The van der Waals surface area contributed by atoms with Gasteiger partial charge >= 0.3 is 0 Å². The number of halogens is 2. The van der Waals surface area contributed by atoms with Crippen LogP contribution in [0.15, 0.2) is 18.2 Å². The minimum atomic E-state index is -0.495. The van der Waals surface area contributed by atoms with Gasteiger partial charge in [0.25, 0.3) is 0 Å². The smallest absolute Gasteiger partial charge is 0.133 e. The molecule has 2 rings (SSSR count). The van der Waals surface area contributed by atoms with Crippen molar-refractivity contribution in [3.05, 3.63) is 41.0 Å². The van der Waals surface area contributed by atoms with Gasteiger partial charge in [-0.3, -0.25) is 0 Å². The van der Waals surface area contributed by atoms with Gasteiger partial charge in [-0.1, -0.05) is 12.2 Å². The van der Waals surface area contributed by atoms with Gasteiger partial charge in [0.1, 0.15) is 11.6 Å². The summed E-state index contributed by atoms with van der Waals surface area (Å²) in [7, 11) is 0. The number of hydrogen-bond donors (Lipinski definition) is 0. The predicted octanol–water partition coefficient (Wildman–Crippen LogP) is 2.53. The Morgan fingerprint density at radius 3 is 2.82 bits per heavy atom. The van der Waals surface area contributed by atoms with Crippen LogP contribution < -0.4 is 0 Å². The van der Waals surface area contributed by atoms with Crippen molar-refractivity contribution in [1.29, 1.82) is 0 Å². The standard InChI is InChI=1S/C9H6F2/c10-7-4-6-2-1-3-8(6)9(11)5-7/h1,3-5H,2H2. The second-order valence-electron chi connectivity index (χ2n) is 2.57. The maximum atomic E-state index is 12.9. The molecule has 0 N–H and O–H groups in total. The Balaban J connectivity index is 2.67. The number of rotatable bonds is 0. The first-order valence-electron chi connectivity index (χ1n) is 3.42. The molecule has 0 atom stereocenters. The van der Waals surface area contributed by atoms with Crippen LogP contribution in [0.3, 0.4) is 0 Å². The number of benzene rings is 1. The van der Waals surface area contributed by atoms with Crippen LogP contribution >= 0.6 is 0 Å². The maximum absolute atomic E-state index is 12.9. The molecule has 1 aromatic rings. The van der Waals surface area contributed by atoms with E-state index < -0.39 is 11.6 Å². The van der Waals surface area contributed by atoms with E-state index in [-0.39, 0.29) is 0 Å². The zero-order valence-corrected chi connectivity index (χ0v) is 5.77. The SMILES string of the molecule is Fc1cc(F)c2c(c1)CC=C2. The van der Waals surface area contributed by atoms with Crippen molar-refractivity contribution in [2.45, 2.75) is 6.42 Å². The van der Waals surface area contributed by atoms with Crippen molar-refractivity contribution in [3.63, 3.8) is 0 Å². The van der Waals surface area contributed by atoms with Gasteiger partial charge in [-0.2, -0.15) is 0 Å². The Hall–Kier alpha value is -1.18. The summed E-state index contributed by atoms with van der Waals surface area (Å²) in [5.74, 6) is -0.960. The van der Waals surface area contributed by atoms with E-state index in [9.17, 15) is 8.78 Å². The van der Waals surface area contributed by atoms with Crippen molar-refractivity contribution < 1.29 is 8.78 Å². The van der Waals surface area contributed by atoms with E-state index in [0.717, 1.165) is 11.6 Å². The third-order valence-corrected chi connectivity index (χ3v) is 1.80. The molecule has 0 saturated carbocycles. The van der Waals surface area contributed by atoms with Crippen LogP contribution in [0.2, 0.25) is 0 Å². The van der Waals surface area contributed by atoms with Crippen LogP contribution in [0, 0.1) is 11.6 Å². The maximum Gasteiger partial charge on any atom is 0.133 e. The summed E-state index contributed by atoms with van der Waals surface area (Å²) in [6.45, 7) is 0. The second-order valence-corrected chi connectivity index (χ2v) is 2.57. The molecule has 0 heterocycles. The molecule has 0 unspecified atom stereocenters. The van der Waals surface area contributed by atoms with Gasteiger partial charge in [-0.25, -0.2) is 8.78 Å². The summed E-state index contributed by atoms with van der Waals surface area (Å²) in [6, 6.07) is 2.28. The van der Waals surface area contributed by atoms with Crippen LogP contribution in [0.4, 0.5) is 8.78 Å². The highest BCUT2D eigenvalue weighted by Gasteiger charge is 2.11. The van der Waals surface area contributed by atoms with Gasteiger partial charge < -0.3 is 0 Å². The fraction of sp³-hybridized carbons (Fsp3) is 0.111. The monoisotopic (exact) mass is 152 g/mol. The molecule has 0 amide bonds. The third-order valence-electron chi connectivity index (χ3n) is 1.80. The number of hydrogen-bond acceptors (Lipinski definition) is 0. The van der Waals surface area contributed by atoms with Crippen molar-refractivity contribution >= 4 is 6.08 Å². The van der Waals surface area contributed by atoms with E-state index in [0.29, 0.717) is 12.0 Å². The first-order chi connectivity index (χ1) is 5.27. The highest BCUT2D eigenvalue weighted by Crippen LogP contribution is 2.23. The highest BCUT2D eigenvalue weighted by molar-refractivity contribution is 5.60. The van der Waals surface area contributed by atoms with E-state index in [4.69, 9.17) is 0 Å². The molecule has 56 valence electrons. The summed E-state index contributed by atoms with van der Waals surface area (Å²) in [5.41, 5.74) is 1.27. The van der Waals surface area contributed by atoms with Crippen LogP contribution in [-0.2, 0) is 6.42 Å². The summed E-state index contributed by atoms with van der Waals surface area (Å²) in [6.07, 6.45) is 4.15. The lowest BCUT2D eigenvalue weighted by Crippen LogP contribution is -1.89. The average molecular weight is 152 g/mol. The first-order valence-corrected chi connectivity index (χ1v) is 3.42. The molecule has 0 aliphatic heterocycles. The number of allylic oxidation sites excluding steroid dienone is 1. The lowest BCUT2D eigenvalue weighted by Gasteiger charge is -1.99. The normalized spacial score (nSPS) is 13.6. The molecule has 1 aliphatic rings. The molecular weight excluding hydrogens is 146 g/mol. The minimum Gasteiger partial charge on any atom is -0.207 e. The van der Waals surface area contributed by atoms with Crippen molar-refractivity contribution in [2.75, 3.05) is 0 Å². The third kappa shape index (κ3) is 0.946. The number of fused-ring (bicyclic) bond motifs is 1. The van der Waals surface area contributed by atoms with Gasteiger partial charge in [0.2, 0.25) is 0 Å². The molecule has 0 saturated heterocycles. The van der Waals surface area contributed by atoms with Gasteiger partial charge in [0, 0.05) is 11.6 Å². The summed E-state index contributed by atoms with van der Waals surface area (Å²) >= 11 is 0. The largest absolute Gasteiger partial charge is 0.207 e. The second kappa shape index (κ2) is 2.16. The zero-order chi connectivity index (χ0) is 7.84. The Kier molecular flexibility index (Phi) is 1.28. The summed E-state index contributed by atoms with van der Waals surface area (Å²) < 4.78 is 25.4. The Morgan fingerprint density at radius 1 is 1.18 bits per heavy atom. The average Bonchev–Trinajstić information content (AvgIpc) is 2.34. The van der Waals surface area contributed by atoms with Crippen LogP contribution in [-0.4, -0.2) is 0 Å². The molecule has 1 aliphatic carbocycles. The fourth-order valence-electron chi connectivity index (χ4n) is 1.30. The topological polar surface area (TPSA) is 0 Å². The minimum absolute atomic E-state index is 0.464. The van der Waals surface area contributed by atoms with Crippen LogP contribution in [0.25, 0.3) is 6.08 Å². The predicted molar refractivity (Wildman–Crippen MR) is 39.1 cm³/mol. The van der Waals surface area contributed by atoms with E-state index in [1.807, 2.05) is 6.08 Å². The van der Waals surface area contributed by atoms with E-state index in [1.54, 1.807) is 6.08 Å². The quantitative estimate of drug-likeness (QED) is 0.535. The Morgan fingerprint density at radius 2 is 2.00 bits per heavy atom. The van der Waals surface area contributed by atoms with Crippen molar-refractivity contribution in [2.24, 2.45) is 0 Å². The first kappa shape index (κ1) is 6.53. The Labute approximate surface area is 63.2 Å². The summed E-state index contributed by atoms with van der Waals surface area (Å²) in [4.78, 5) is 0. The molecule has 0 nitrogen and oxygen atoms in total. The summed E-state index contributed by atoms with van der Waals surface area (Å²) in [5, 5.41) is 0.